The van der Waals surface area contributed by atoms with E-state index in [0.717, 1.165) is 17.1 Å². The average Bonchev–Trinajstić information content (AvgIpc) is 2.38. The van der Waals surface area contributed by atoms with Crippen molar-refractivity contribution in [3.05, 3.63) is 29.8 Å². The van der Waals surface area contributed by atoms with Crippen LogP contribution < -0.4 is 10.1 Å². The number of methoxy groups -OCH3 is 1. The van der Waals surface area contributed by atoms with Crippen LogP contribution in [0, 0.1) is 0 Å². The van der Waals surface area contributed by atoms with Gasteiger partial charge in [0.2, 0.25) is 11.8 Å². The lowest BCUT2D eigenvalue weighted by atomic mass is 10.1. The molecule has 1 heterocycles. The second-order valence-corrected chi connectivity index (χ2v) is 5.29. The molecule has 2 rings (SSSR count). The van der Waals surface area contributed by atoms with Crippen LogP contribution >= 0.6 is 11.8 Å². The third-order valence-electron chi connectivity index (χ3n) is 2.80. The molecule has 0 aliphatic carbocycles. The van der Waals surface area contributed by atoms with E-state index < -0.39 is 0 Å². The fourth-order valence-electron chi connectivity index (χ4n) is 1.75. The summed E-state index contributed by atoms with van der Waals surface area (Å²) in [6, 6.07) is 7.77. The van der Waals surface area contributed by atoms with Gasteiger partial charge >= 0.3 is 0 Å². The van der Waals surface area contributed by atoms with Crippen molar-refractivity contribution in [3.8, 4) is 5.75 Å². The molecule has 0 bridgehead atoms. The number of hydrogen-bond donors (Lipinski definition) is 1. The third kappa shape index (κ3) is 3.26. The maximum Gasteiger partial charge on any atom is 0.239 e. The highest BCUT2D eigenvalue weighted by molar-refractivity contribution is 7.99. The van der Waals surface area contributed by atoms with Crippen molar-refractivity contribution in [2.45, 2.75) is 23.8 Å². The fraction of sp³-hybridized carbons (Fsp3) is 0.385. The monoisotopic (exact) mass is 265 g/mol. The summed E-state index contributed by atoms with van der Waals surface area (Å²) in [5.74, 6) is 1.26. The second kappa shape index (κ2) is 5.91. The van der Waals surface area contributed by atoms with Crippen LogP contribution in [-0.2, 0) is 15.3 Å². The van der Waals surface area contributed by atoms with Crippen LogP contribution in [0.4, 0.5) is 0 Å². The lowest BCUT2D eigenvalue weighted by molar-refractivity contribution is -0.132. The largest absolute Gasteiger partial charge is 0.497 e. The Kier molecular flexibility index (Phi) is 4.25. The topological polar surface area (TPSA) is 55.4 Å². The number of carbonyl (C=O) groups is 2. The number of piperidine rings is 1. The Morgan fingerprint density at radius 3 is 2.67 bits per heavy atom. The average molecular weight is 265 g/mol. The van der Waals surface area contributed by atoms with E-state index in [2.05, 4.69) is 5.32 Å². The van der Waals surface area contributed by atoms with Gasteiger partial charge in [0, 0.05) is 12.2 Å². The zero-order valence-corrected chi connectivity index (χ0v) is 11.0. The molecule has 1 aliphatic rings. The number of rotatable bonds is 4. The molecular formula is C13H15NO3S. The molecule has 0 aromatic heterocycles. The quantitative estimate of drug-likeness (QED) is 0.842. The zero-order valence-electron chi connectivity index (χ0n) is 10.1. The van der Waals surface area contributed by atoms with Crippen molar-refractivity contribution in [1.82, 2.24) is 5.32 Å². The van der Waals surface area contributed by atoms with Crippen LogP contribution in [-0.4, -0.2) is 24.2 Å². The first-order valence-electron chi connectivity index (χ1n) is 5.77. The molecule has 1 aromatic rings. The highest BCUT2D eigenvalue weighted by atomic mass is 32.2. The van der Waals surface area contributed by atoms with Gasteiger partial charge in [-0.3, -0.25) is 14.9 Å². The van der Waals surface area contributed by atoms with Crippen molar-refractivity contribution < 1.29 is 14.3 Å². The van der Waals surface area contributed by atoms with E-state index in [1.165, 1.54) is 0 Å². The number of hydrogen-bond acceptors (Lipinski definition) is 4. The Hall–Kier alpha value is -1.49. The van der Waals surface area contributed by atoms with Gasteiger partial charge in [0.25, 0.3) is 0 Å². The summed E-state index contributed by atoms with van der Waals surface area (Å²) < 4.78 is 5.08. The molecule has 1 fully saturated rings. The number of thioether (sulfide) groups is 1. The van der Waals surface area contributed by atoms with Gasteiger partial charge in [0.15, 0.2) is 0 Å². The summed E-state index contributed by atoms with van der Waals surface area (Å²) in [6.45, 7) is 0. The third-order valence-corrected chi connectivity index (χ3v) is 4.15. The summed E-state index contributed by atoms with van der Waals surface area (Å²) in [5.41, 5.74) is 1.14. The van der Waals surface area contributed by atoms with Crippen LogP contribution in [0.3, 0.4) is 0 Å². The van der Waals surface area contributed by atoms with Gasteiger partial charge in [0.05, 0.1) is 12.4 Å². The molecule has 1 atom stereocenters. The van der Waals surface area contributed by atoms with Gasteiger partial charge in [-0.25, -0.2) is 0 Å². The number of ether oxygens (including phenoxy) is 1. The number of carbonyl (C=O) groups excluding carboxylic acids is 2. The van der Waals surface area contributed by atoms with E-state index in [-0.39, 0.29) is 17.1 Å². The van der Waals surface area contributed by atoms with Gasteiger partial charge in [-0.05, 0) is 24.1 Å². The second-order valence-electron chi connectivity index (χ2n) is 4.10. The van der Waals surface area contributed by atoms with Gasteiger partial charge in [0.1, 0.15) is 5.75 Å². The Balaban J connectivity index is 1.87. The minimum atomic E-state index is -0.165. The predicted molar refractivity (Wildman–Crippen MR) is 70.5 cm³/mol. The first-order valence-corrected chi connectivity index (χ1v) is 6.82. The first kappa shape index (κ1) is 13.0. The maximum absolute atomic E-state index is 11.6. The van der Waals surface area contributed by atoms with Crippen LogP contribution in [0.25, 0.3) is 0 Å². The van der Waals surface area contributed by atoms with E-state index >= 15 is 0 Å². The van der Waals surface area contributed by atoms with Gasteiger partial charge in [-0.1, -0.05) is 12.1 Å². The number of imide groups is 1. The highest BCUT2D eigenvalue weighted by Gasteiger charge is 2.26. The number of amides is 2. The molecular weight excluding hydrogens is 250 g/mol. The van der Waals surface area contributed by atoms with Crippen molar-refractivity contribution >= 4 is 23.6 Å². The van der Waals surface area contributed by atoms with Gasteiger partial charge in [-0.15, -0.1) is 11.8 Å². The molecule has 1 aliphatic heterocycles. The van der Waals surface area contributed by atoms with Crippen molar-refractivity contribution in [2.24, 2.45) is 0 Å². The van der Waals surface area contributed by atoms with E-state index in [0.29, 0.717) is 12.8 Å². The molecule has 1 unspecified atom stereocenters. The highest BCUT2D eigenvalue weighted by Crippen LogP contribution is 2.24. The molecule has 1 N–H and O–H groups in total. The summed E-state index contributed by atoms with van der Waals surface area (Å²) in [7, 11) is 1.63. The predicted octanol–water partition coefficient (Wildman–Crippen LogP) is 1.73. The Bertz CT molecular complexity index is 444. The molecule has 4 nitrogen and oxygen atoms in total. The zero-order chi connectivity index (χ0) is 13.0. The Morgan fingerprint density at radius 2 is 2.06 bits per heavy atom. The summed E-state index contributed by atoms with van der Waals surface area (Å²) in [5, 5.41) is 2.24. The normalized spacial score (nSPS) is 19.5. The molecule has 0 spiro atoms. The van der Waals surface area contributed by atoms with Crippen molar-refractivity contribution in [2.75, 3.05) is 7.11 Å². The molecule has 0 saturated carbocycles. The van der Waals surface area contributed by atoms with Gasteiger partial charge < -0.3 is 4.74 Å². The molecule has 2 amide bonds. The fourth-order valence-corrected chi connectivity index (χ4v) is 2.83. The summed E-state index contributed by atoms with van der Waals surface area (Å²) in [6.07, 6.45) is 1.07. The molecule has 5 heteroatoms. The van der Waals surface area contributed by atoms with Crippen LogP contribution in [0.15, 0.2) is 24.3 Å². The van der Waals surface area contributed by atoms with E-state index in [9.17, 15) is 9.59 Å². The summed E-state index contributed by atoms with van der Waals surface area (Å²) >= 11 is 1.57. The van der Waals surface area contributed by atoms with Crippen LogP contribution in [0.2, 0.25) is 0 Å². The standard InChI is InChI=1S/C13H15NO3S/c1-17-10-4-2-9(3-5-10)8-18-11-6-7-12(15)14-13(11)16/h2-5,11H,6-8H2,1H3,(H,14,15,16). The SMILES string of the molecule is COc1ccc(CSC2CCC(=O)NC2=O)cc1. The number of benzene rings is 1. The first-order chi connectivity index (χ1) is 8.69. The smallest absolute Gasteiger partial charge is 0.239 e. The van der Waals surface area contributed by atoms with Crippen molar-refractivity contribution in [1.29, 1.82) is 0 Å². The Morgan fingerprint density at radius 1 is 1.33 bits per heavy atom. The Labute approximate surface area is 110 Å². The van der Waals surface area contributed by atoms with Crippen LogP contribution in [0.5, 0.6) is 5.75 Å². The molecule has 18 heavy (non-hydrogen) atoms. The lowest BCUT2D eigenvalue weighted by Gasteiger charge is -2.20. The van der Waals surface area contributed by atoms with Gasteiger partial charge in [-0.2, -0.15) is 0 Å². The van der Waals surface area contributed by atoms with Crippen LogP contribution in [0.1, 0.15) is 18.4 Å². The molecule has 96 valence electrons. The van der Waals surface area contributed by atoms with E-state index in [4.69, 9.17) is 4.74 Å². The molecule has 1 aromatic carbocycles. The minimum absolute atomic E-state index is 0.121. The minimum Gasteiger partial charge on any atom is -0.497 e. The van der Waals surface area contributed by atoms with E-state index in [1.807, 2.05) is 24.3 Å². The maximum atomic E-state index is 11.6. The lowest BCUT2D eigenvalue weighted by Crippen LogP contribution is -2.42. The van der Waals surface area contributed by atoms with E-state index in [1.54, 1.807) is 18.9 Å². The summed E-state index contributed by atoms with van der Waals surface area (Å²) in [4.78, 5) is 22.6. The molecule has 0 radical (unpaired) electrons. The molecule has 1 saturated heterocycles. The van der Waals surface area contributed by atoms with Crippen molar-refractivity contribution in [3.63, 3.8) is 0 Å². The number of nitrogens with one attached hydrogen (secondary N) is 1.